The molecule has 1 atom stereocenters. The summed E-state index contributed by atoms with van der Waals surface area (Å²) in [5.74, 6) is 0. The molecule has 0 bridgehead atoms. The second-order valence-corrected chi connectivity index (χ2v) is 5.41. The lowest BCUT2D eigenvalue weighted by atomic mass is 10.4. The van der Waals surface area contributed by atoms with E-state index in [1.165, 1.54) is 0 Å². The molecule has 0 rings (SSSR count). The van der Waals surface area contributed by atoms with E-state index in [-0.39, 0.29) is 6.23 Å². The first-order chi connectivity index (χ1) is 8.36. The molecule has 0 amide bonds. The quantitative estimate of drug-likeness (QED) is 0.545. The van der Waals surface area contributed by atoms with Crippen LogP contribution >= 0.6 is 0 Å². The highest BCUT2D eigenvalue weighted by Gasteiger charge is 2.10. The monoisotopic (exact) mass is 260 g/mol. The van der Waals surface area contributed by atoms with Crippen LogP contribution in [0.25, 0.3) is 0 Å². The molecule has 0 aromatic rings. The van der Waals surface area contributed by atoms with E-state index in [1.54, 1.807) is 0 Å². The Bertz CT molecular complexity index is 201. The number of hydrogen-bond donors (Lipinski definition) is 1. The van der Waals surface area contributed by atoms with Crippen LogP contribution in [-0.4, -0.2) is 105 Å². The minimum absolute atomic E-state index is 0.383. The third kappa shape index (κ3) is 8.83. The molecule has 0 aromatic heterocycles. The van der Waals surface area contributed by atoms with Crippen molar-refractivity contribution >= 4 is 0 Å². The SMILES string of the molecule is CCN(C)CCN(C)CCN(C)CC(O)N(C)C. The van der Waals surface area contributed by atoms with Gasteiger partial charge >= 0.3 is 0 Å². The molecule has 5 nitrogen and oxygen atoms in total. The normalized spacial score (nSPS) is 14.2. The largest absolute Gasteiger partial charge is 0.377 e. The first kappa shape index (κ1) is 17.8. The van der Waals surface area contributed by atoms with E-state index >= 15 is 0 Å². The lowest BCUT2D eigenvalue weighted by Gasteiger charge is -2.27. The topological polar surface area (TPSA) is 33.2 Å². The summed E-state index contributed by atoms with van der Waals surface area (Å²) in [6.07, 6.45) is -0.383. The van der Waals surface area contributed by atoms with Crippen molar-refractivity contribution in [2.75, 3.05) is 74.5 Å². The van der Waals surface area contributed by atoms with E-state index in [4.69, 9.17) is 0 Å². The van der Waals surface area contributed by atoms with Crippen LogP contribution in [0.4, 0.5) is 0 Å². The van der Waals surface area contributed by atoms with Gasteiger partial charge in [0, 0.05) is 32.7 Å². The second-order valence-electron chi connectivity index (χ2n) is 5.41. The third-order valence-electron chi connectivity index (χ3n) is 3.34. The van der Waals surface area contributed by atoms with Crippen LogP contribution in [0.2, 0.25) is 0 Å². The van der Waals surface area contributed by atoms with Crippen molar-refractivity contribution in [2.45, 2.75) is 13.2 Å². The molecule has 0 aliphatic carbocycles. The van der Waals surface area contributed by atoms with Gasteiger partial charge in [-0.1, -0.05) is 6.92 Å². The van der Waals surface area contributed by atoms with Gasteiger partial charge in [-0.2, -0.15) is 0 Å². The number of rotatable bonds is 10. The van der Waals surface area contributed by atoms with Gasteiger partial charge in [-0.25, -0.2) is 0 Å². The Morgan fingerprint density at radius 2 is 1.22 bits per heavy atom. The van der Waals surface area contributed by atoms with Gasteiger partial charge in [0.25, 0.3) is 0 Å². The summed E-state index contributed by atoms with van der Waals surface area (Å²) in [4.78, 5) is 8.65. The Balaban J connectivity index is 3.68. The van der Waals surface area contributed by atoms with E-state index in [0.29, 0.717) is 6.54 Å². The van der Waals surface area contributed by atoms with Gasteiger partial charge in [0.05, 0.1) is 0 Å². The maximum Gasteiger partial charge on any atom is 0.119 e. The van der Waals surface area contributed by atoms with Crippen LogP contribution in [0, 0.1) is 0 Å². The summed E-state index contributed by atoms with van der Waals surface area (Å²) in [5.41, 5.74) is 0. The Morgan fingerprint density at radius 3 is 1.67 bits per heavy atom. The van der Waals surface area contributed by atoms with Crippen LogP contribution in [-0.2, 0) is 0 Å². The average Bonchev–Trinajstić information content (AvgIpc) is 2.32. The molecular weight excluding hydrogens is 228 g/mol. The molecule has 110 valence electrons. The molecule has 0 saturated heterocycles. The van der Waals surface area contributed by atoms with E-state index in [2.05, 4.69) is 42.8 Å². The molecule has 0 aliphatic rings. The fraction of sp³-hybridized carbons (Fsp3) is 1.00. The van der Waals surface area contributed by atoms with Gasteiger partial charge in [0.2, 0.25) is 0 Å². The average molecular weight is 260 g/mol. The highest BCUT2D eigenvalue weighted by molar-refractivity contribution is 4.62. The van der Waals surface area contributed by atoms with Crippen LogP contribution in [0.1, 0.15) is 6.92 Å². The van der Waals surface area contributed by atoms with E-state index in [1.807, 2.05) is 19.0 Å². The predicted molar refractivity (Wildman–Crippen MR) is 77.9 cm³/mol. The van der Waals surface area contributed by atoms with Crippen LogP contribution < -0.4 is 0 Å². The molecule has 0 fully saturated rings. The zero-order chi connectivity index (χ0) is 14.1. The van der Waals surface area contributed by atoms with Crippen LogP contribution in [0.3, 0.4) is 0 Å². The molecule has 5 heteroatoms. The zero-order valence-corrected chi connectivity index (χ0v) is 13.1. The minimum atomic E-state index is -0.383. The van der Waals surface area contributed by atoms with Gasteiger partial charge in [0.1, 0.15) is 6.23 Å². The molecule has 0 aliphatic heterocycles. The van der Waals surface area contributed by atoms with E-state index < -0.39 is 0 Å². The van der Waals surface area contributed by atoms with Gasteiger partial charge in [-0.05, 0) is 41.8 Å². The zero-order valence-electron chi connectivity index (χ0n) is 13.1. The fourth-order valence-electron chi connectivity index (χ4n) is 1.49. The summed E-state index contributed by atoms with van der Waals surface area (Å²) in [6, 6.07) is 0. The van der Waals surface area contributed by atoms with Crippen molar-refractivity contribution in [1.82, 2.24) is 19.6 Å². The number of hydrogen-bond acceptors (Lipinski definition) is 5. The maximum atomic E-state index is 9.73. The predicted octanol–water partition coefficient (Wildman–Crippen LogP) is -0.318. The smallest absolute Gasteiger partial charge is 0.119 e. The molecule has 0 radical (unpaired) electrons. The number of aliphatic hydroxyl groups excluding tert-OH is 1. The fourth-order valence-corrected chi connectivity index (χ4v) is 1.49. The van der Waals surface area contributed by atoms with Gasteiger partial charge < -0.3 is 19.8 Å². The highest BCUT2D eigenvalue weighted by atomic mass is 16.3. The van der Waals surface area contributed by atoms with Gasteiger partial charge in [-0.15, -0.1) is 0 Å². The lowest BCUT2D eigenvalue weighted by Crippen LogP contribution is -2.41. The summed E-state index contributed by atoms with van der Waals surface area (Å²) in [7, 11) is 10.1. The van der Waals surface area contributed by atoms with Crippen molar-refractivity contribution < 1.29 is 5.11 Å². The summed E-state index contributed by atoms with van der Waals surface area (Å²) >= 11 is 0. The number of likely N-dealkylation sites (N-methyl/N-ethyl adjacent to an activating group) is 4. The van der Waals surface area contributed by atoms with E-state index in [0.717, 1.165) is 32.7 Å². The number of aliphatic hydroxyl groups is 1. The van der Waals surface area contributed by atoms with Crippen molar-refractivity contribution in [3.05, 3.63) is 0 Å². The molecule has 0 saturated carbocycles. The molecule has 0 spiro atoms. The molecule has 18 heavy (non-hydrogen) atoms. The van der Waals surface area contributed by atoms with Gasteiger partial charge in [0.15, 0.2) is 0 Å². The highest BCUT2D eigenvalue weighted by Crippen LogP contribution is 1.93. The Hall–Kier alpha value is -0.200. The third-order valence-corrected chi connectivity index (χ3v) is 3.34. The number of nitrogens with zero attached hydrogens (tertiary/aromatic N) is 4. The molecule has 0 heterocycles. The summed E-state index contributed by atoms with van der Waals surface area (Å²) in [5, 5.41) is 9.73. The standard InChI is InChI=1S/C13H32N4O/c1-7-15(4)8-9-16(5)10-11-17(6)12-13(18)14(2)3/h13,18H,7-12H2,1-6H3. The molecule has 1 N–H and O–H groups in total. The summed E-state index contributed by atoms with van der Waals surface area (Å²) < 4.78 is 0. The molecule has 1 unspecified atom stereocenters. The second kappa shape index (κ2) is 9.69. The van der Waals surface area contributed by atoms with Crippen molar-refractivity contribution in [1.29, 1.82) is 0 Å². The Labute approximate surface area is 113 Å². The lowest BCUT2D eigenvalue weighted by molar-refractivity contribution is 0.0134. The molecular formula is C13H32N4O. The Morgan fingerprint density at radius 1 is 0.778 bits per heavy atom. The van der Waals surface area contributed by atoms with Crippen molar-refractivity contribution in [2.24, 2.45) is 0 Å². The van der Waals surface area contributed by atoms with Crippen molar-refractivity contribution in [3.63, 3.8) is 0 Å². The van der Waals surface area contributed by atoms with E-state index in [9.17, 15) is 5.11 Å². The van der Waals surface area contributed by atoms with Gasteiger partial charge in [-0.3, -0.25) is 4.90 Å². The van der Waals surface area contributed by atoms with Crippen LogP contribution in [0.15, 0.2) is 0 Å². The van der Waals surface area contributed by atoms with Crippen molar-refractivity contribution in [3.8, 4) is 0 Å². The summed E-state index contributed by atoms with van der Waals surface area (Å²) in [6.45, 7) is 8.19. The van der Waals surface area contributed by atoms with Crippen LogP contribution in [0.5, 0.6) is 0 Å². The Kier molecular flexibility index (Phi) is 9.59. The minimum Gasteiger partial charge on any atom is -0.377 e. The first-order valence-electron chi connectivity index (χ1n) is 6.77. The first-order valence-corrected chi connectivity index (χ1v) is 6.77. The molecule has 0 aromatic carbocycles. The maximum absolute atomic E-state index is 9.73.